The molecule has 0 amide bonds. The number of hydrogen-bond acceptors (Lipinski definition) is 5. The van der Waals surface area contributed by atoms with Crippen molar-refractivity contribution < 1.29 is 18.3 Å². The molecule has 1 spiro atoms. The van der Waals surface area contributed by atoms with Crippen molar-refractivity contribution in [3.63, 3.8) is 0 Å². The molecular formula is C24H30ClF2N3O2. The van der Waals surface area contributed by atoms with E-state index in [-0.39, 0.29) is 31.2 Å². The number of nitrogens with zero attached hydrogens (tertiary/aromatic N) is 2. The molecule has 3 heterocycles. The van der Waals surface area contributed by atoms with Crippen LogP contribution in [0.25, 0.3) is 0 Å². The maximum Gasteiger partial charge on any atom is 0.261 e. The van der Waals surface area contributed by atoms with Gasteiger partial charge < -0.3 is 14.8 Å². The van der Waals surface area contributed by atoms with Gasteiger partial charge in [-0.25, -0.2) is 8.78 Å². The highest BCUT2D eigenvalue weighted by atomic mass is 35.5. The van der Waals surface area contributed by atoms with E-state index >= 15 is 0 Å². The Morgan fingerprint density at radius 2 is 1.94 bits per heavy atom. The van der Waals surface area contributed by atoms with Crippen molar-refractivity contribution in [2.45, 2.75) is 44.4 Å². The zero-order valence-electron chi connectivity index (χ0n) is 18.0. The van der Waals surface area contributed by atoms with Gasteiger partial charge in [-0.1, -0.05) is 30.3 Å². The molecule has 5 nitrogen and oxygen atoms in total. The van der Waals surface area contributed by atoms with Crippen LogP contribution in [0.3, 0.4) is 0 Å². The number of halogens is 3. The van der Waals surface area contributed by atoms with Gasteiger partial charge in [0.05, 0.1) is 24.4 Å². The first-order valence-corrected chi connectivity index (χ1v) is 11.1. The highest BCUT2D eigenvalue weighted by molar-refractivity contribution is 5.85. The highest BCUT2D eigenvalue weighted by Gasteiger charge is 2.50. The maximum atomic E-state index is 12.8. The first kappa shape index (κ1) is 23.4. The molecule has 0 bridgehead atoms. The number of nitrogens with one attached hydrogen (secondary N) is 1. The van der Waals surface area contributed by atoms with E-state index < -0.39 is 13.0 Å². The summed E-state index contributed by atoms with van der Waals surface area (Å²) in [5, 5.41) is 3.36. The van der Waals surface area contributed by atoms with Crippen molar-refractivity contribution in [2.75, 3.05) is 32.8 Å². The Bertz CT molecular complexity index is 890. The lowest BCUT2D eigenvalue weighted by Crippen LogP contribution is -2.62. The van der Waals surface area contributed by atoms with Crippen LogP contribution in [0, 0.1) is 5.41 Å². The monoisotopic (exact) mass is 465 g/mol. The smallest absolute Gasteiger partial charge is 0.261 e. The van der Waals surface area contributed by atoms with Crippen LogP contribution >= 0.6 is 12.4 Å². The van der Waals surface area contributed by atoms with Crippen molar-refractivity contribution in [3.8, 4) is 5.75 Å². The quantitative estimate of drug-likeness (QED) is 0.638. The molecule has 1 aromatic heterocycles. The van der Waals surface area contributed by atoms with Crippen molar-refractivity contribution in [1.82, 2.24) is 15.2 Å². The minimum atomic E-state index is -2.47. The lowest BCUT2D eigenvalue weighted by Gasteiger charge is -2.54. The molecule has 1 saturated carbocycles. The van der Waals surface area contributed by atoms with Crippen molar-refractivity contribution >= 4 is 12.4 Å². The lowest BCUT2D eigenvalue weighted by molar-refractivity contribution is -0.0517. The van der Waals surface area contributed by atoms with E-state index in [1.807, 2.05) is 24.3 Å². The van der Waals surface area contributed by atoms with Gasteiger partial charge >= 0.3 is 0 Å². The van der Waals surface area contributed by atoms with Gasteiger partial charge in [-0.2, -0.15) is 0 Å². The molecular weight excluding hydrogens is 436 g/mol. The van der Waals surface area contributed by atoms with Gasteiger partial charge in [-0.3, -0.25) is 9.88 Å². The molecule has 32 heavy (non-hydrogen) atoms. The predicted molar refractivity (Wildman–Crippen MR) is 121 cm³/mol. The second-order valence-electron chi connectivity index (χ2n) is 9.07. The van der Waals surface area contributed by atoms with Gasteiger partial charge in [-0.05, 0) is 24.5 Å². The van der Waals surface area contributed by atoms with Crippen LogP contribution in [0.15, 0.2) is 42.6 Å². The van der Waals surface area contributed by atoms with Crippen molar-refractivity contribution in [3.05, 3.63) is 59.4 Å². The van der Waals surface area contributed by atoms with Crippen LogP contribution in [0.2, 0.25) is 0 Å². The number of pyridine rings is 1. The number of alkyl halides is 2. The van der Waals surface area contributed by atoms with Gasteiger partial charge in [0, 0.05) is 49.8 Å². The van der Waals surface area contributed by atoms with E-state index in [9.17, 15) is 8.78 Å². The molecule has 1 atom stereocenters. The molecule has 2 aromatic rings. The van der Waals surface area contributed by atoms with Gasteiger partial charge in [0.1, 0.15) is 12.4 Å². The summed E-state index contributed by atoms with van der Waals surface area (Å²) in [5.74, 6) is 0.834. The minimum absolute atomic E-state index is 0. The Morgan fingerprint density at radius 1 is 1.16 bits per heavy atom. The van der Waals surface area contributed by atoms with E-state index in [1.54, 1.807) is 6.20 Å². The molecule has 174 valence electrons. The Balaban J connectivity index is 0.00000245. The minimum Gasteiger partial charge on any atom is -0.490 e. The second kappa shape index (κ2) is 10.00. The maximum absolute atomic E-state index is 12.8. The highest BCUT2D eigenvalue weighted by Crippen LogP contribution is 2.47. The largest absolute Gasteiger partial charge is 0.490 e. The molecule has 2 aliphatic heterocycles. The SMILES string of the molecule is Cl.FC(F)COCC1c2c(OC3CC4(CNC4)C3)ccnc2CCN1Cc1ccccc1. The normalized spacial score (nSPS) is 22.0. The van der Waals surface area contributed by atoms with E-state index in [2.05, 4.69) is 27.3 Å². The Hall–Kier alpha value is -1.80. The van der Waals surface area contributed by atoms with Crippen LogP contribution in [0.4, 0.5) is 8.78 Å². The van der Waals surface area contributed by atoms with E-state index in [1.165, 1.54) is 5.56 Å². The molecule has 1 N–H and O–H groups in total. The molecule has 0 radical (unpaired) electrons. The van der Waals surface area contributed by atoms with Gasteiger partial charge in [-0.15, -0.1) is 12.4 Å². The third-order valence-electron chi connectivity index (χ3n) is 6.81. The number of ether oxygens (including phenoxy) is 2. The molecule has 3 aliphatic rings. The number of fused-ring (bicyclic) bond motifs is 1. The molecule has 2 fully saturated rings. The number of hydrogen-bond donors (Lipinski definition) is 1. The predicted octanol–water partition coefficient (Wildman–Crippen LogP) is 4.02. The third kappa shape index (κ3) is 4.91. The Kier molecular flexibility index (Phi) is 7.30. The van der Waals surface area contributed by atoms with Crippen LogP contribution in [-0.2, 0) is 17.7 Å². The molecule has 1 aliphatic carbocycles. The lowest BCUT2D eigenvalue weighted by atomic mass is 9.63. The van der Waals surface area contributed by atoms with Crippen molar-refractivity contribution in [1.29, 1.82) is 0 Å². The van der Waals surface area contributed by atoms with Crippen LogP contribution in [-0.4, -0.2) is 55.3 Å². The zero-order valence-corrected chi connectivity index (χ0v) is 18.8. The summed E-state index contributed by atoms with van der Waals surface area (Å²) < 4.78 is 37.4. The average molecular weight is 466 g/mol. The van der Waals surface area contributed by atoms with E-state index in [4.69, 9.17) is 9.47 Å². The van der Waals surface area contributed by atoms with Crippen LogP contribution in [0.1, 0.15) is 35.7 Å². The summed E-state index contributed by atoms with van der Waals surface area (Å²) >= 11 is 0. The zero-order chi connectivity index (χ0) is 21.3. The van der Waals surface area contributed by atoms with Crippen molar-refractivity contribution in [2.24, 2.45) is 5.41 Å². The number of benzene rings is 1. The fraction of sp³-hybridized carbons (Fsp3) is 0.542. The molecule has 1 saturated heterocycles. The molecule has 8 heteroatoms. The summed E-state index contributed by atoms with van der Waals surface area (Å²) in [7, 11) is 0. The Labute approximate surface area is 193 Å². The van der Waals surface area contributed by atoms with Gasteiger partial charge in [0.15, 0.2) is 0 Å². The van der Waals surface area contributed by atoms with Gasteiger partial charge in [0.25, 0.3) is 6.43 Å². The summed E-state index contributed by atoms with van der Waals surface area (Å²) in [4.78, 5) is 6.90. The third-order valence-corrected chi connectivity index (χ3v) is 6.81. The molecule has 5 rings (SSSR count). The topological polar surface area (TPSA) is 46.6 Å². The Morgan fingerprint density at radius 3 is 2.62 bits per heavy atom. The van der Waals surface area contributed by atoms with E-state index in [0.29, 0.717) is 5.41 Å². The summed E-state index contributed by atoms with van der Waals surface area (Å²) in [6.07, 6.45) is 2.48. The number of aromatic nitrogens is 1. The summed E-state index contributed by atoms with van der Waals surface area (Å²) in [6, 6.07) is 12.0. The molecule has 1 unspecified atom stereocenters. The van der Waals surface area contributed by atoms with Crippen LogP contribution < -0.4 is 10.1 Å². The fourth-order valence-electron chi connectivity index (χ4n) is 5.14. The summed E-state index contributed by atoms with van der Waals surface area (Å²) in [5.41, 5.74) is 3.62. The van der Waals surface area contributed by atoms with E-state index in [0.717, 1.165) is 62.4 Å². The van der Waals surface area contributed by atoms with Crippen LogP contribution in [0.5, 0.6) is 5.75 Å². The first-order valence-electron chi connectivity index (χ1n) is 11.1. The first-order chi connectivity index (χ1) is 15.1. The second-order valence-corrected chi connectivity index (χ2v) is 9.07. The number of rotatable bonds is 8. The van der Waals surface area contributed by atoms with Gasteiger partial charge in [0.2, 0.25) is 0 Å². The standard InChI is InChI=1S/C24H29F2N3O2.ClH/c25-22(26)14-30-13-20-23-19(7-9-29(20)12-17-4-2-1-3-5-17)28-8-6-21(23)31-18-10-24(11-18)15-27-16-24;/h1-6,8,18,20,22,27H,7,9-16H2;1H. The average Bonchev–Trinajstić information content (AvgIpc) is 2.71. The molecule has 1 aromatic carbocycles. The summed E-state index contributed by atoms with van der Waals surface area (Å²) in [6.45, 7) is 3.34. The fourth-order valence-corrected chi connectivity index (χ4v) is 5.14.